The Kier molecular flexibility index (Phi) is 1.77. The summed E-state index contributed by atoms with van der Waals surface area (Å²) in [4.78, 5) is 11.6. The van der Waals surface area contributed by atoms with Gasteiger partial charge in [0, 0.05) is 4.90 Å². The van der Waals surface area contributed by atoms with Gasteiger partial charge in [-0.05, 0) is 12.1 Å². The molecule has 0 aromatic heterocycles. The molecule has 0 aliphatic carbocycles. The Morgan fingerprint density at radius 2 is 2.25 bits per heavy atom. The summed E-state index contributed by atoms with van der Waals surface area (Å²) >= 11 is 7.23. The van der Waals surface area contributed by atoms with E-state index in [0.717, 1.165) is 10.6 Å². The summed E-state index contributed by atoms with van der Waals surface area (Å²) in [5.41, 5.74) is 0.921. The number of nitrogens with one attached hydrogen (secondary N) is 1. The van der Waals surface area contributed by atoms with Crippen LogP contribution in [0, 0.1) is 0 Å². The first-order valence-electron chi connectivity index (χ1n) is 3.45. The molecule has 1 atom stereocenters. The molecule has 0 saturated carbocycles. The zero-order valence-corrected chi connectivity index (χ0v) is 7.65. The number of aldehydes is 1. The lowest BCUT2D eigenvalue weighted by molar-refractivity contribution is -0.107. The predicted molar refractivity (Wildman–Crippen MR) is 50.6 cm³/mol. The number of para-hydroxylation sites is 1. The van der Waals surface area contributed by atoms with Crippen molar-refractivity contribution in [1.29, 1.82) is 0 Å². The van der Waals surface area contributed by atoms with E-state index in [4.69, 9.17) is 11.6 Å². The summed E-state index contributed by atoms with van der Waals surface area (Å²) in [6, 6.07) is 7.65. The van der Waals surface area contributed by atoms with E-state index < -0.39 is 4.33 Å². The minimum Gasteiger partial charge on any atom is -0.351 e. The van der Waals surface area contributed by atoms with Gasteiger partial charge < -0.3 is 5.32 Å². The van der Waals surface area contributed by atoms with Crippen molar-refractivity contribution in [3.63, 3.8) is 0 Å². The third kappa shape index (κ3) is 1.19. The molecular formula is C8H6ClNOS. The Morgan fingerprint density at radius 3 is 2.92 bits per heavy atom. The number of fused-ring (bicyclic) bond motifs is 1. The van der Waals surface area contributed by atoms with Gasteiger partial charge in [-0.3, -0.25) is 4.79 Å². The smallest absolute Gasteiger partial charge is 0.220 e. The maximum atomic E-state index is 10.6. The molecule has 1 heterocycles. The highest BCUT2D eigenvalue weighted by molar-refractivity contribution is 8.03. The van der Waals surface area contributed by atoms with Crippen LogP contribution in [0.25, 0.3) is 0 Å². The van der Waals surface area contributed by atoms with Crippen LogP contribution in [0.2, 0.25) is 0 Å². The van der Waals surface area contributed by atoms with Crippen LogP contribution in [-0.4, -0.2) is 10.6 Å². The SMILES string of the molecule is O=CC1(Cl)Nc2ccccc2S1. The van der Waals surface area contributed by atoms with Gasteiger partial charge in [0.2, 0.25) is 4.33 Å². The molecule has 0 radical (unpaired) electrons. The van der Waals surface area contributed by atoms with E-state index in [1.54, 1.807) is 0 Å². The van der Waals surface area contributed by atoms with Crippen molar-refractivity contribution in [2.24, 2.45) is 0 Å². The summed E-state index contributed by atoms with van der Waals surface area (Å²) in [7, 11) is 0. The largest absolute Gasteiger partial charge is 0.351 e. The van der Waals surface area contributed by atoms with E-state index in [1.165, 1.54) is 11.8 Å². The molecule has 62 valence electrons. The number of benzene rings is 1. The second kappa shape index (κ2) is 2.68. The molecule has 1 unspecified atom stereocenters. The molecule has 0 bridgehead atoms. The van der Waals surface area contributed by atoms with Gasteiger partial charge in [-0.1, -0.05) is 35.5 Å². The van der Waals surface area contributed by atoms with Crippen molar-refractivity contribution in [2.75, 3.05) is 5.32 Å². The number of carbonyl (C=O) groups is 1. The van der Waals surface area contributed by atoms with Crippen LogP contribution >= 0.6 is 23.4 Å². The van der Waals surface area contributed by atoms with Crippen LogP contribution in [0.5, 0.6) is 0 Å². The zero-order chi connectivity index (χ0) is 8.60. The first-order valence-corrected chi connectivity index (χ1v) is 4.64. The highest BCUT2D eigenvalue weighted by atomic mass is 35.5. The Balaban J connectivity index is 2.39. The summed E-state index contributed by atoms with van der Waals surface area (Å²) in [6.07, 6.45) is 0.708. The fourth-order valence-electron chi connectivity index (χ4n) is 1.08. The maximum Gasteiger partial charge on any atom is 0.220 e. The van der Waals surface area contributed by atoms with E-state index in [-0.39, 0.29) is 0 Å². The molecule has 0 spiro atoms. The van der Waals surface area contributed by atoms with E-state index >= 15 is 0 Å². The molecule has 1 aliphatic rings. The van der Waals surface area contributed by atoms with Crippen LogP contribution in [0.1, 0.15) is 0 Å². The quantitative estimate of drug-likeness (QED) is 0.428. The van der Waals surface area contributed by atoms with E-state index in [2.05, 4.69) is 5.32 Å². The van der Waals surface area contributed by atoms with Crippen LogP contribution in [0.15, 0.2) is 29.2 Å². The van der Waals surface area contributed by atoms with Gasteiger partial charge in [-0.2, -0.15) is 0 Å². The summed E-state index contributed by atoms with van der Waals surface area (Å²) < 4.78 is -0.996. The number of hydrogen-bond donors (Lipinski definition) is 1. The molecule has 0 saturated heterocycles. The zero-order valence-electron chi connectivity index (χ0n) is 6.08. The predicted octanol–water partition coefficient (Wildman–Crippen LogP) is 2.30. The van der Waals surface area contributed by atoms with Gasteiger partial charge in [0.25, 0.3) is 0 Å². The molecule has 1 N–H and O–H groups in total. The van der Waals surface area contributed by atoms with Crippen molar-refractivity contribution in [3.05, 3.63) is 24.3 Å². The van der Waals surface area contributed by atoms with Gasteiger partial charge in [-0.15, -0.1) is 0 Å². The van der Waals surface area contributed by atoms with Gasteiger partial charge in [0.05, 0.1) is 5.69 Å². The molecule has 12 heavy (non-hydrogen) atoms. The van der Waals surface area contributed by atoms with Crippen molar-refractivity contribution in [2.45, 2.75) is 9.23 Å². The lowest BCUT2D eigenvalue weighted by Gasteiger charge is -2.11. The first-order chi connectivity index (χ1) is 5.73. The highest BCUT2D eigenvalue weighted by Gasteiger charge is 2.35. The fraction of sp³-hybridized carbons (Fsp3) is 0.125. The molecule has 0 amide bonds. The molecule has 1 aromatic rings. The third-order valence-corrected chi connectivity index (χ3v) is 3.09. The summed E-state index contributed by atoms with van der Waals surface area (Å²) in [5.74, 6) is 0. The Bertz CT molecular complexity index is 304. The minimum absolute atomic E-state index is 0.708. The minimum atomic E-state index is -0.996. The number of rotatable bonds is 1. The van der Waals surface area contributed by atoms with Crippen molar-refractivity contribution >= 4 is 35.3 Å². The molecule has 2 nitrogen and oxygen atoms in total. The lowest BCUT2D eigenvalue weighted by atomic mass is 10.3. The number of thioether (sulfide) groups is 1. The number of carbonyl (C=O) groups excluding carboxylic acids is 1. The number of hydrogen-bond acceptors (Lipinski definition) is 3. The maximum absolute atomic E-state index is 10.6. The molecule has 2 rings (SSSR count). The van der Waals surface area contributed by atoms with Crippen LogP contribution in [0.4, 0.5) is 5.69 Å². The monoisotopic (exact) mass is 199 g/mol. The molecule has 1 aliphatic heterocycles. The Hall–Kier alpha value is -0.670. The third-order valence-electron chi connectivity index (χ3n) is 1.60. The second-order valence-electron chi connectivity index (χ2n) is 2.49. The Morgan fingerprint density at radius 1 is 1.50 bits per heavy atom. The van der Waals surface area contributed by atoms with Gasteiger partial charge in [-0.25, -0.2) is 0 Å². The second-order valence-corrected chi connectivity index (χ2v) is 4.59. The summed E-state index contributed by atoms with van der Waals surface area (Å²) in [5, 5.41) is 2.92. The van der Waals surface area contributed by atoms with E-state index in [0.29, 0.717) is 6.29 Å². The molecular weight excluding hydrogens is 194 g/mol. The van der Waals surface area contributed by atoms with Crippen molar-refractivity contribution in [3.8, 4) is 0 Å². The first kappa shape index (κ1) is 7.95. The van der Waals surface area contributed by atoms with Crippen molar-refractivity contribution < 1.29 is 4.79 Å². The molecule has 0 fully saturated rings. The number of anilines is 1. The van der Waals surface area contributed by atoms with E-state index in [9.17, 15) is 4.79 Å². The molecule has 1 aromatic carbocycles. The molecule has 4 heteroatoms. The fourth-order valence-corrected chi connectivity index (χ4v) is 2.34. The van der Waals surface area contributed by atoms with Gasteiger partial charge in [0.15, 0.2) is 6.29 Å². The Labute approximate surface area is 79.3 Å². The van der Waals surface area contributed by atoms with Crippen molar-refractivity contribution in [1.82, 2.24) is 0 Å². The van der Waals surface area contributed by atoms with E-state index in [1.807, 2.05) is 24.3 Å². The van der Waals surface area contributed by atoms with Crippen LogP contribution in [-0.2, 0) is 4.79 Å². The lowest BCUT2D eigenvalue weighted by Crippen LogP contribution is -2.24. The standard InChI is InChI=1S/C8H6ClNOS/c9-8(5-11)10-6-3-1-2-4-7(6)12-8/h1-5,10H. The average molecular weight is 200 g/mol. The number of alkyl halides is 1. The summed E-state index contributed by atoms with van der Waals surface area (Å²) in [6.45, 7) is 0. The van der Waals surface area contributed by atoms with Crippen LogP contribution in [0.3, 0.4) is 0 Å². The number of halogens is 1. The van der Waals surface area contributed by atoms with Gasteiger partial charge >= 0.3 is 0 Å². The topological polar surface area (TPSA) is 29.1 Å². The van der Waals surface area contributed by atoms with Crippen LogP contribution < -0.4 is 5.32 Å². The van der Waals surface area contributed by atoms with Gasteiger partial charge in [0.1, 0.15) is 0 Å². The average Bonchev–Trinajstić information content (AvgIpc) is 2.42. The normalized spacial score (nSPS) is 26.1. The highest BCUT2D eigenvalue weighted by Crippen LogP contribution is 2.46.